The summed E-state index contributed by atoms with van der Waals surface area (Å²) in [5, 5.41) is 33.4. The summed E-state index contributed by atoms with van der Waals surface area (Å²) in [5.74, 6) is -0.326. The summed E-state index contributed by atoms with van der Waals surface area (Å²) in [7, 11) is 0. The normalized spacial score (nSPS) is 13.6. The van der Waals surface area contributed by atoms with Gasteiger partial charge in [-0.25, -0.2) is 0 Å². The number of allylic oxidation sites excluding steroid dienone is 5. The lowest BCUT2D eigenvalue weighted by atomic mass is 10.0. The molecule has 3 unspecified atom stereocenters. The van der Waals surface area contributed by atoms with Gasteiger partial charge in [-0.15, -0.1) is 0 Å². The van der Waals surface area contributed by atoms with Gasteiger partial charge in [-0.3, -0.25) is 4.79 Å². The summed E-state index contributed by atoms with van der Waals surface area (Å²) in [5.41, 5.74) is 0. The Morgan fingerprint density at radius 3 is 1.07 bits per heavy atom. The van der Waals surface area contributed by atoms with Gasteiger partial charge in [-0.2, -0.15) is 0 Å². The van der Waals surface area contributed by atoms with Gasteiger partial charge in [0.25, 0.3) is 0 Å². The van der Waals surface area contributed by atoms with E-state index in [0.717, 1.165) is 32.1 Å². The van der Waals surface area contributed by atoms with Crippen molar-refractivity contribution >= 4 is 5.91 Å². The fourth-order valence-corrected chi connectivity index (χ4v) is 8.29. The second kappa shape index (κ2) is 50.2. The SMILES string of the molecule is CCCCCCCCCCCCCC/C=C\CCCCCCCCC(O)CC(=O)NC(CO)C(O)/C=C/CC/C=C/CCCCCCCCCCCCCCCCCCC. The topological polar surface area (TPSA) is 89.8 Å². The summed E-state index contributed by atoms with van der Waals surface area (Å²) in [4.78, 5) is 12.5. The maximum atomic E-state index is 12.5. The Balaban J connectivity index is 3.64. The van der Waals surface area contributed by atoms with Crippen LogP contribution in [0.1, 0.15) is 284 Å². The van der Waals surface area contributed by atoms with E-state index in [9.17, 15) is 20.1 Å². The first-order valence-electron chi connectivity index (χ1n) is 26.8. The molecule has 3 atom stereocenters. The Bertz CT molecular complexity index is 931. The van der Waals surface area contributed by atoms with Crippen LogP contribution in [0.15, 0.2) is 36.5 Å². The first-order valence-corrected chi connectivity index (χ1v) is 26.8. The van der Waals surface area contributed by atoms with Crippen LogP contribution in [-0.2, 0) is 4.79 Å². The van der Waals surface area contributed by atoms with Gasteiger partial charge in [0.2, 0.25) is 5.91 Å². The lowest BCUT2D eigenvalue weighted by Crippen LogP contribution is -2.45. The van der Waals surface area contributed by atoms with Gasteiger partial charge >= 0.3 is 0 Å². The van der Waals surface area contributed by atoms with Gasteiger partial charge in [-0.1, -0.05) is 256 Å². The highest BCUT2D eigenvalue weighted by atomic mass is 16.3. The van der Waals surface area contributed by atoms with Crippen molar-refractivity contribution < 1.29 is 20.1 Å². The van der Waals surface area contributed by atoms with E-state index in [0.29, 0.717) is 6.42 Å². The molecule has 0 fully saturated rings. The standard InChI is InChI=1S/C55H105NO4/c1-3-5-7-9-11-13-15-17-19-21-23-25-27-29-31-33-35-37-39-41-43-45-47-49-54(59)53(51-57)56-55(60)50-52(58)48-46-44-42-40-38-36-34-32-30-28-26-24-22-20-18-16-14-12-10-8-6-4-2/h30,32,39,41,47,49,52-54,57-59H,3-29,31,33-38,40,42-46,48,50-51H2,1-2H3,(H,56,60)/b32-30-,41-39+,49-47+. The van der Waals surface area contributed by atoms with Gasteiger partial charge in [-0.05, 0) is 57.8 Å². The van der Waals surface area contributed by atoms with E-state index < -0.39 is 18.2 Å². The van der Waals surface area contributed by atoms with E-state index in [-0.39, 0.29) is 18.9 Å². The first-order chi connectivity index (χ1) is 29.5. The highest BCUT2D eigenvalue weighted by molar-refractivity contribution is 5.76. The van der Waals surface area contributed by atoms with Gasteiger partial charge in [0.15, 0.2) is 0 Å². The Hall–Kier alpha value is -1.43. The van der Waals surface area contributed by atoms with Crippen molar-refractivity contribution in [2.75, 3.05) is 6.61 Å². The van der Waals surface area contributed by atoms with Crippen molar-refractivity contribution in [1.82, 2.24) is 5.32 Å². The number of rotatable bonds is 49. The van der Waals surface area contributed by atoms with E-state index in [4.69, 9.17) is 0 Å². The summed E-state index contributed by atoms with van der Waals surface area (Å²) in [6, 6.07) is -0.763. The highest BCUT2D eigenvalue weighted by Crippen LogP contribution is 2.16. The summed E-state index contributed by atoms with van der Waals surface area (Å²) < 4.78 is 0. The van der Waals surface area contributed by atoms with Crippen LogP contribution in [0.2, 0.25) is 0 Å². The molecule has 0 aliphatic carbocycles. The van der Waals surface area contributed by atoms with Crippen molar-refractivity contribution in [3.05, 3.63) is 36.5 Å². The van der Waals surface area contributed by atoms with Crippen molar-refractivity contribution in [1.29, 1.82) is 0 Å². The number of nitrogens with one attached hydrogen (secondary N) is 1. The molecule has 5 heteroatoms. The van der Waals surface area contributed by atoms with Gasteiger partial charge in [0.1, 0.15) is 0 Å². The number of aliphatic hydroxyl groups excluding tert-OH is 3. The van der Waals surface area contributed by atoms with Crippen LogP contribution in [0, 0.1) is 0 Å². The van der Waals surface area contributed by atoms with Crippen molar-refractivity contribution in [3.63, 3.8) is 0 Å². The number of hydrogen-bond donors (Lipinski definition) is 4. The second-order valence-electron chi connectivity index (χ2n) is 18.5. The second-order valence-corrected chi connectivity index (χ2v) is 18.5. The third-order valence-corrected chi connectivity index (χ3v) is 12.4. The average molecular weight is 844 g/mol. The smallest absolute Gasteiger partial charge is 0.222 e. The van der Waals surface area contributed by atoms with E-state index in [1.165, 1.54) is 225 Å². The molecule has 0 aliphatic rings. The van der Waals surface area contributed by atoms with Crippen LogP contribution in [0.25, 0.3) is 0 Å². The van der Waals surface area contributed by atoms with Crippen molar-refractivity contribution in [2.45, 2.75) is 302 Å². The maximum absolute atomic E-state index is 12.5. The fraction of sp³-hybridized carbons (Fsp3) is 0.873. The Morgan fingerprint density at radius 2 is 0.717 bits per heavy atom. The van der Waals surface area contributed by atoms with E-state index >= 15 is 0 Å². The quantitative estimate of drug-likeness (QED) is 0.0363. The summed E-state index contributed by atoms with van der Waals surface area (Å²) >= 11 is 0. The number of hydrogen-bond acceptors (Lipinski definition) is 4. The number of aliphatic hydroxyl groups is 3. The van der Waals surface area contributed by atoms with Crippen LogP contribution in [0.4, 0.5) is 0 Å². The molecule has 0 aliphatic heterocycles. The number of unbranched alkanes of at least 4 members (excludes halogenated alkanes) is 36. The molecule has 354 valence electrons. The van der Waals surface area contributed by atoms with Crippen LogP contribution in [-0.4, -0.2) is 46.1 Å². The Labute approximate surface area is 374 Å². The minimum atomic E-state index is -0.954. The molecule has 4 N–H and O–H groups in total. The highest BCUT2D eigenvalue weighted by Gasteiger charge is 2.20. The minimum absolute atomic E-state index is 0.00274. The fourth-order valence-electron chi connectivity index (χ4n) is 8.29. The van der Waals surface area contributed by atoms with E-state index in [2.05, 4.69) is 43.5 Å². The molecule has 0 aromatic heterocycles. The number of carbonyl (C=O) groups excluding carboxylic acids is 1. The molecule has 0 aromatic rings. The molecule has 0 aromatic carbocycles. The van der Waals surface area contributed by atoms with Crippen LogP contribution < -0.4 is 5.32 Å². The Morgan fingerprint density at radius 1 is 0.417 bits per heavy atom. The predicted molar refractivity (Wildman–Crippen MR) is 264 cm³/mol. The third-order valence-electron chi connectivity index (χ3n) is 12.4. The first kappa shape index (κ1) is 58.6. The average Bonchev–Trinajstić information content (AvgIpc) is 3.24. The molecule has 0 radical (unpaired) electrons. The molecular weight excluding hydrogens is 739 g/mol. The van der Waals surface area contributed by atoms with E-state index in [1.807, 2.05) is 6.08 Å². The number of carbonyl (C=O) groups is 1. The van der Waals surface area contributed by atoms with Gasteiger partial charge in [0.05, 0.1) is 31.3 Å². The molecule has 0 heterocycles. The molecule has 0 spiro atoms. The van der Waals surface area contributed by atoms with Crippen molar-refractivity contribution in [2.24, 2.45) is 0 Å². The Kier molecular flexibility index (Phi) is 49.0. The third kappa shape index (κ3) is 46.1. The van der Waals surface area contributed by atoms with Crippen LogP contribution in [0.3, 0.4) is 0 Å². The molecule has 0 saturated carbocycles. The molecule has 0 saturated heterocycles. The monoisotopic (exact) mass is 844 g/mol. The lowest BCUT2D eigenvalue weighted by molar-refractivity contribution is -0.124. The zero-order valence-electron chi connectivity index (χ0n) is 40.4. The van der Waals surface area contributed by atoms with Crippen LogP contribution in [0.5, 0.6) is 0 Å². The minimum Gasteiger partial charge on any atom is -0.394 e. The van der Waals surface area contributed by atoms with Crippen molar-refractivity contribution in [3.8, 4) is 0 Å². The predicted octanol–water partition coefficient (Wildman–Crippen LogP) is 16.3. The van der Waals surface area contributed by atoms with Crippen LogP contribution >= 0.6 is 0 Å². The summed E-state index contributed by atoms with van der Waals surface area (Å²) in [6.07, 6.45) is 64.6. The maximum Gasteiger partial charge on any atom is 0.222 e. The molecule has 1 amide bonds. The molecule has 0 rings (SSSR count). The zero-order chi connectivity index (χ0) is 43.7. The van der Waals surface area contributed by atoms with Gasteiger partial charge in [0, 0.05) is 0 Å². The zero-order valence-corrected chi connectivity index (χ0v) is 40.4. The van der Waals surface area contributed by atoms with E-state index in [1.54, 1.807) is 6.08 Å². The molecular formula is C55H105NO4. The van der Waals surface area contributed by atoms with Gasteiger partial charge < -0.3 is 20.6 Å². The number of amides is 1. The molecule has 0 bridgehead atoms. The molecule has 60 heavy (non-hydrogen) atoms. The molecule has 5 nitrogen and oxygen atoms in total. The summed E-state index contributed by atoms with van der Waals surface area (Å²) in [6.45, 7) is 4.23. The lowest BCUT2D eigenvalue weighted by Gasteiger charge is -2.21. The largest absolute Gasteiger partial charge is 0.394 e.